The number of benzene rings is 4. The lowest BCUT2D eigenvalue weighted by atomic mass is 9.77. The van der Waals surface area contributed by atoms with Crippen LogP contribution in [0.15, 0.2) is 60.7 Å². The average molecular weight is 689 g/mol. The molecule has 0 heterocycles. The summed E-state index contributed by atoms with van der Waals surface area (Å²) in [5.74, 6) is -11.0. The van der Waals surface area contributed by atoms with Gasteiger partial charge in [0.15, 0.2) is 11.6 Å². The molecule has 2 nitrogen and oxygen atoms in total. The van der Waals surface area contributed by atoms with Crippen molar-refractivity contribution in [1.29, 1.82) is 0 Å². The zero-order valence-electron chi connectivity index (χ0n) is 25.1. The fourth-order valence-corrected chi connectivity index (χ4v) is 6.16. The number of ether oxygens (including phenoxy) is 2. The van der Waals surface area contributed by atoms with Crippen molar-refractivity contribution in [2.45, 2.75) is 63.8 Å². The normalized spacial score (nSPS) is 17.0. The number of halogens is 11. The van der Waals surface area contributed by atoms with Crippen molar-refractivity contribution >= 4 is 0 Å². The molecule has 5 rings (SSSR count). The molecule has 1 saturated carbocycles. The molecule has 0 amide bonds. The SMILES string of the molecule is CCCC1CCC(c2ccc(-c3cc(F)c(-c4cc(F)c(C(F)(F)Oc5ccc(OC(F)(F)F)c(F)c5)c(F)c4)c(F)c3)c(F)c2)CC1. The maximum Gasteiger partial charge on any atom is 0.573 e. The summed E-state index contributed by atoms with van der Waals surface area (Å²) in [6, 6.07) is 7.14. The Morgan fingerprint density at radius 1 is 0.625 bits per heavy atom. The largest absolute Gasteiger partial charge is 0.573 e. The van der Waals surface area contributed by atoms with E-state index in [4.69, 9.17) is 0 Å². The molecule has 0 aliphatic heterocycles. The van der Waals surface area contributed by atoms with Crippen LogP contribution in [0, 0.1) is 40.8 Å². The van der Waals surface area contributed by atoms with E-state index in [2.05, 4.69) is 16.4 Å². The number of alkyl halides is 5. The first-order valence-electron chi connectivity index (χ1n) is 15.0. The minimum absolute atomic E-state index is 0.0699. The fraction of sp³-hybridized carbons (Fsp3) is 0.314. The number of hydrogen-bond donors (Lipinski definition) is 0. The Balaban J connectivity index is 1.37. The molecular weight excluding hydrogens is 661 g/mol. The van der Waals surface area contributed by atoms with Crippen molar-refractivity contribution in [2.24, 2.45) is 5.92 Å². The highest BCUT2D eigenvalue weighted by atomic mass is 19.4. The van der Waals surface area contributed by atoms with E-state index in [0.717, 1.165) is 56.2 Å². The third-order valence-electron chi connectivity index (χ3n) is 8.36. The summed E-state index contributed by atoms with van der Waals surface area (Å²) < 4.78 is 164. The van der Waals surface area contributed by atoms with Crippen LogP contribution in [-0.2, 0) is 6.11 Å². The molecule has 0 unspecified atom stereocenters. The van der Waals surface area contributed by atoms with Crippen molar-refractivity contribution in [3.05, 3.63) is 107 Å². The second-order valence-corrected chi connectivity index (χ2v) is 11.6. The van der Waals surface area contributed by atoms with Gasteiger partial charge >= 0.3 is 12.5 Å². The zero-order valence-corrected chi connectivity index (χ0v) is 25.1. The molecule has 0 N–H and O–H groups in total. The van der Waals surface area contributed by atoms with Gasteiger partial charge in [0.05, 0.1) is 5.56 Å². The summed E-state index contributed by atoms with van der Waals surface area (Å²) in [6.45, 7) is 2.13. The van der Waals surface area contributed by atoms with Gasteiger partial charge in [-0.05, 0) is 96.7 Å². The molecule has 0 atom stereocenters. The van der Waals surface area contributed by atoms with E-state index in [-0.39, 0.29) is 35.2 Å². The molecule has 4 aromatic rings. The molecule has 0 saturated heterocycles. The first-order valence-corrected chi connectivity index (χ1v) is 15.0. The van der Waals surface area contributed by atoms with Crippen LogP contribution in [0.1, 0.15) is 62.5 Å². The van der Waals surface area contributed by atoms with Crippen molar-refractivity contribution in [3.8, 4) is 33.8 Å². The molecule has 0 spiro atoms. The van der Waals surface area contributed by atoms with Gasteiger partial charge in [-0.2, -0.15) is 8.78 Å². The second-order valence-electron chi connectivity index (χ2n) is 11.6. The second kappa shape index (κ2) is 13.7. The summed E-state index contributed by atoms with van der Waals surface area (Å²) in [5.41, 5.74) is -3.40. The lowest BCUT2D eigenvalue weighted by Gasteiger charge is -2.28. The van der Waals surface area contributed by atoms with Gasteiger partial charge in [-0.15, -0.1) is 13.2 Å². The lowest BCUT2D eigenvalue weighted by Crippen LogP contribution is -2.25. The Morgan fingerprint density at radius 2 is 1.23 bits per heavy atom. The van der Waals surface area contributed by atoms with Crippen LogP contribution in [0.25, 0.3) is 22.3 Å². The molecule has 4 aromatic carbocycles. The van der Waals surface area contributed by atoms with Crippen LogP contribution < -0.4 is 9.47 Å². The standard InChI is InChI=1S/C35H27F11O2/c1-2-3-18-4-6-19(7-5-18)20-8-10-24(25(36)12-20)21-13-27(38)32(28(39)14-21)22-15-29(40)33(30(41)16-22)34(42,43)47-23-9-11-31(26(37)17-23)48-35(44,45)46/h8-19H,2-7H2,1H3. The van der Waals surface area contributed by atoms with E-state index in [9.17, 15) is 35.1 Å². The van der Waals surface area contributed by atoms with Crippen LogP contribution in [0.2, 0.25) is 0 Å². The Labute approximate surface area is 268 Å². The third-order valence-corrected chi connectivity index (χ3v) is 8.36. The van der Waals surface area contributed by atoms with Crippen LogP contribution >= 0.6 is 0 Å². The van der Waals surface area contributed by atoms with Crippen molar-refractivity contribution in [1.82, 2.24) is 0 Å². The zero-order chi connectivity index (χ0) is 35.0. The molecule has 1 aliphatic carbocycles. The van der Waals surface area contributed by atoms with Gasteiger partial charge in [-0.1, -0.05) is 31.9 Å². The molecule has 0 bridgehead atoms. The summed E-state index contributed by atoms with van der Waals surface area (Å²) in [4.78, 5) is 0. The van der Waals surface area contributed by atoms with Crippen LogP contribution in [0.4, 0.5) is 48.3 Å². The van der Waals surface area contributed by atoms with E-state index < -0.39 is 75.6 Å². The summed E-state index contributed by atoms with van der Waals surface area (Å²) in [6.07, 6.45) is -4.06. The van der Waals surface area contributed by atoms with E-state index >= 15 is 13.2 Å². The summed E-state index contributed by atoms with van der Waals surface area (Å²) >= 11 is 0. The number of hydrogen-bond acceptors (Lipinski definition) is 2. The van der Waals surface area contributed by atoms with Gasteiger partial charge < -0.3 is 9.47 Å². The Kier molecular flexibility index (Phi) is 9.98. The van der Waals surface area contributed by atoms with E-state index in [1.807, 2.05) is 0 Å². The Hall–Kier alpha value is -4.29. The van der Waals surface area contributed by atoms with Crippen LogP contribution in [0.3, 0.4) is 0 Å². The Bertz CT molecular complexity index is 1750. The van der Waals surface area contributed by atoms with Gasteiger partial charge in [0, 0.05) is 11.6 Å². The molecule has 256 valence electrons. The predicted molar refractivity (Wildman–Crippen MR) is 154 cm³/mol. The molecule has 13 heteroatoms. The van der Waals surface area contributed by atoms with Crippen molar-refractivity contribution in [3.63, 3.8) is 0 Å². The highest BCUT2D eigenvalue weighted by Gasteiger charge is 2.42. The van der Waals surface area contributed by atoms with E-state index in [0.29, 0.717) is 18.1 Å². The quantitative estimate of drug-likeness (QED) is 0.163. The highest BCUT2D eigenvalue weighted by molar-refractivity contribution is 5.72. The van der Waals surface area contributed by atoms with Crippen molar-refractivity contribution in [2.75, 3.05) is 0 Å². The van der Waals surface area contributed by atoms with Gasteiger partial charge in [0.25, 0.3) is 0 Å². The molecule has 1 fully saturated rings. The van der Waals surface area contributed by atoms with Gasteiger partial charge in [0.2, 0.25) is 0 Å². The fourth-order valence-electron chi connectivity index (χ4n) is 6.16. The first-order chi connectivity index (χ1) is 22.6. The topological polar surface area (TPSA) is 18.5 Å². The first kappa shape index (κ1) is 35.0. The summed E-state index contributed by atoms with van der Waals surface area (Å²) in [5, 5.41) is 0. The van der Waals surface area contributed by atoms with Gasteiger partial charge in [0.1, 0.15) is 40.4 Å². The van der Waals surface area contributed by atoms with Crippen molar-refractivity contribution < 1.29 is 57.8 Å². The van der Waals surface area contributed by atoms with Gasteiger partial charge in [-0.3, -0.25) is 0 Å². The molecular formula is C35H27F11O2. The van der Waals surface area contributed by atoms with Gasteiger partial charge in [-0.25, -0.2) is 26.3 Å². The predicted octanol–water partition coefficient (Wildman–Crippen LogP) is 12.0. The molecule has 0 radical (unpaired) electrons. The number of rotatable bonds is 9. The highest BCUT2D eigenvalue weighted by Crippen LogP contribution is 2.41. The van der Waals surface area contributed by atoms with Crippen LogP contribution in [0.5, 0.6) is 11.5 Å². The monoisotopic (exact) mass is 688 g/mol. The minimum Gasteiger partial charge on any atom is -0.429 e. The maximum atomic E-state index is 15.2. The molecule has 0 aromatic heterocycles. The molecule has 48 heavy (non-hydrogen) atoms. The average Bonchev–Trinajstić information content (AvgIpc) is 2.97. The summed E-state index contributed by atoms with van der Waals surface area (Å²) in [7, 11) is 0. The molecule has 1 aliphatic rings. The minimum atomic E-state index is -5.30. The van der Waals surface area contributed by atoms with E-state index in [1.54, 1.807) is 6.07 Å². The maximum absolute atomic E-state index is 15.2. The van der Waals surface area contributed by atoms with Crippen LogP contribution in [-0.4, -0.2) is 6.36 Å². The third kappa shape index (κ3) is 7.71. The van der Waals surface area contributed by atoms with E-state index in [1.165, 1.54) is 12.1 Å². The lowest BCUT2D eigenvalue weighted by molar-refractivity contribution is -0.275. The smallest absolute Gasteiger partial charge is 0.429 e. The Morgan fingerprint density at radius 3 is 1.77 bits per heavy atom.